The molecule has 0 rings (SSSR count). The summed E-state index contributed by atoms with van der Waals surface area (Å²) in [4.78, 5) is 0. The van der Waals surface area contributed by atoms with Crippen molar-refractivity contribution < 1.29 is 0 Å². The van der Waals surface area contributed by atoms with Crippen LogP contribution in [0.25, 0.3) is 0 Å². The smallest absolute Gasteiger partial charge is 0.0197 e. The molecule has 0 bridgehead atoms. The Kier molecular flexibility index (Phi) is 8.41. The lowest BCUT2D eigenvalue weighted by molar-refractivity contribution is 0.700. The van der Waals surface area contributed by atoms with Gasteiger partial charge in [-0.05, 0) is 0 Å². The SMILES string of the molecule is [CH2]C[SiH2]CCCCCC. The second-order valence-corrected chi connectivity index (χ2v) is 4.74. The summed E-state index contributed by atoms with van der Waals surface area (Å²) >= 11 is 0. The van der Waals surface area contributed by atoms with Gasteiger partial charge in [0, 0.05) is 9.52 Å². The second kappa shape index (κ2) is 8.22. The van der Waals surface area contributed by atoms with Gasteiger partial charge in [0.2, 0.25) is 0 Å². The second-order valence-electron chi connectivity index (χ2n) is 2.62. The van der Waals surface area contributed by atoms with Gasteiger partial charge in [0.05, 0.1) is 0 Å². The van der Waals surface area contributed by atoms with E-state index in [0.717, 1.165) is 0 Å². The summed E-state index contributed by atoms with van der Waals surface area (Å²) in [7, 11) is 0.283. The number of unbranched alkanes of at least 4 members (excludes halogenated alkanes) is 3. The summed E-state index contributed by atoms with van der Waals surface area (Å²) in [6, 6.07) is 2.79. The Morgan fingerprint density at radius 3 is 2.56 bits per heavy atom. The van der Waals surface area contributed by atoms with Gasteiger partial charge in [-0.15, -0.1) is 0 Å². The van der Waals surface area contributed by atoms with Gasteiger partial charge in [-0.25, -0.2) is 0 Å². The fourth-order valence-corrected chi connectivity index (χ4v) is 2.02. The van der Waals surface area contributed by atoms with E-state index in [-0.39, 0.29) is 9.52 Å². The third-order valence-electron chi connectivity index (χ3n) is 1.60. The molecule has 0 saturated carbocycles. The van der Waals surface area contributed by atoms with E-state index in [4.69, 9.17) is 0 Å². The van der Waals surface area contributed by atoms with Crippen LogP contribution in [-0.4, -0.2) is 9.52 Å². The van der Waals surface area contributed by atoms with Crippen LogP contribution in [0.3, 0.4) is 0 Å². The Bertz CT molecular complexity index is 37.8. The maximum Gasteiger partial charge on any atom is 0.0197 e. The summed E-state index contributed by atoms with van der Waals surface area (Å²) in [5, 5.41) is 0. The minimum atomic E-state index is 0.283. The first-order chi connectivity index (χ1) is 4.41. The van der Waals surface area contributed by atoms with Crippen molar-refractivity contribution in [3.05, 3.63) is 6.92 Å². The Morgan fingerprint density at radius 1 is 1.22 bits per heavy atom. The molecule has 0 aliphatic heterocycles. The third kappa shape index (κ3) is 8.22. The van der Waals surface area contributed by atoms with E-state index < -0.39 is 0 Å². The van der Waals surface area contributed by atoms with Crippen LogP contribution in [0.15, 0.2) is 0 Å². The minimum Gasteiger partial charge on any atom is -0.0654 e. The van der Waals surface area contributed by atoms with Gasteiger partial charge in [-0.2, -0.15) is 0 Å². The van der Waals surface area contributed by atoms with Crippen LogP contribution in [0.1, 0.15) is 32.6 Å². The molecule has 9 heavy (non-hydrogen) atoms. The van der Waals surface area contributed by atoms with Gasteiger partial charge in [0.25, 0.3) is 0 Å². The molecule has 0 saturated heterocycles. The van der Waals surface area contributed by atoms with Crippen molar-refractivity contribution in [2.24, 2.45) is 0 Å². The summed E-state index contributed by atoms with van der Waals surface area (Å²) in [6.45, 7) is 6.13. The normalized spacial score (nSPS) is 11.3. The average Bonchev–Trinajstić information content (AvgIpc) is 1.89. The molecule has 0 atom stereocenters. The van der Waals surface area contributed by atoms with Crippen molar-refractivity contribution in [3.8, 4) is 0 Å². The van der Waals surface area contributed by atoms with Crippen LogP contribution in [0, 0.1) is 6.92 Å². The maximum absolute atomic E-state index is 3.87. The van der Waals surface area contributed by atoms with Gasteiger partial charge in [0.15, 0.2) is 0 Å². The van der Waals surface area contributed by atoms with E-state index in [1.54, 1.807) is 0 Å². The Labute approximate surface area is 61.9 Å². The zero-order valence-electron chi connectivity index (χ0n) is 6.66. The van der Waals surface area contributed by atoms with Gasteiger partial charge in [0.1, 0.15) is 0 Å². The van der Waals surface area contributed by atoms with Crippen molar-refractivity contribution >= 4 is 9.52 Å². The van der Waals surface area contributed by atoms with E-state index >= 15 is 0 Å². The highest BCUT2D eigenvalue weighted by atomic mass is 28.2. The molecule has 0 nitrogen and oxygen atoms in total. The molecule has 0 aliphatic carbocycles. The summed E-state index contributed by atoms with van der Waals surface area (Å²) in [5.41, 5.74) is 0. The molecule has 0 N–H and O–H groups in total. The van der Waals surface area contributed by atoms with E-state index in [9.17, 15) is 0 Å². The van der Waals surface area contributed by atoms with Gasteiger partial charge in [-0.3, -0.25) is 0 Å². The zero-order chi connectivity index (χ0) is 6.95. The molecule has 0 aromatic rings. The quantitative estimate of drug-likeness (QED) is 0.396. The summed E-state index contributed by atoms with van der Waals surface area (Å²) in [5.74, 6) is 0. The van der Waals surface area contributed by atoms with Crippen molar-refractivity contribution in [3.63, 3.8) is 0 Å². The first-order valence-corrected chi connectivity index (χ1v) is 6.21. The molecule has 1 radical (unpaired) electrons. The molecule has 1 heteroatoms. The van der Waals surface area contributed by atoms with Crippen LogP contribution >= 0.6 is 0 Å². The first-order valence-electron chi connectivity index (χ1n) is 4.21. The fourth-order valence-electron chi connectivity index (χ4n) is 0.957. The topological polar surface area (TPSA) is 0 Å². The lowest BCUT2D eigenvalue weighted by atomic mass is 10.2. The maximum atomic E-state index is 3.87. The van der Waals surface area contributed by atoms with E-state index in [1.807, 2.05) is 0 Å². The van der Waals surface area contributed by atoms with Crippen molar-refractivity contribution in [2.45, 2.75) is 44.7 Å². The predicted octanol–water partition coefficient (Wildman–Crippen LogP) is 2.41. The molecule has 0 aromatic heterocycles. The molecule has 0 spiro atoms. The third-order valence-corrected chi connectivity index (χ3v) is 3.10. The van der Waals surface area contributed by atoms with Crippen LogP contribution in [0.2, 0.25) is 12.1 Å². The van der Waals surface area contributed by atoms with Gasteiger partial charge >= 0.3 is 0 Å². The monoisotopic (exact) mass is 143 g/mol. The van der Waals surface area contributed by atoms with E-state index in [1.165, 1.54) is 37.8 Å². The Morgan fingerprint density at radius 2 is 2.00 bits per heavy atom. The molecule has 0 heterocycles. The lowest BCUT2D eigenvalue weighted by Crippen LogP contribution is -1.85. The largest absolute Gasteiger partial charge is 0.0654 e. The van der Waals surface area contributed by atoms with Crippen molar-refractivity contribution in [2.75, 3.05) is 0 Å². The number of hydrogen-bond acceptors (Lipinski definition) is 0. The molecular weight excluding hydrogens is 124 g/mol. The predicted molar refractivity (Wildman–Crippen MR) is 47.7 cm³/mol. The van der Waals surface area contributed by atoms with Crippen molar-refractivity contribution in [1.29, 1.82) is 0 Å². The molecule has 0 aliphatic rings. The fraction of sp³-hybridized carbons (Fsp3) is 0.875. The minimum absolute atomic E-state index is 0.283. The highest BCUT2D eigenvalue weighted by molar-refractivity contribution is 6.35. The molecule has 0 aromatic carbocycles. The highest BCUT2D eigenvalue weighted by Crippen LogP contribution is 2.02. The molecular formula is C8H19Si. The van der Waals surface area contributed by atoms with E-state index in [0.29, 0.717) is 0 Å². The molecule has 0 fully saturated rings. The average molecular weight is 143 g/mol. The Hall–Kier alpha value is 0.217. The number of rotatable bonds is 6. The molecule has 0 unspecified atom stereocenters. The molecule has 55 valence electrons. The molecule has 0 amide bonds. The van der Waals surface area contributed by atoms with Gasteiger partial charge in [-0.1, -0.05) is 51.6 Å². The first kappa shape index (κ1) is 9.22. The summed E-state index contributed by atoms with van der Waals surface area (Å²) < 4.78 is 0. The van der Waals surface area contributed by atoms with Gasteiger partial charge < -0.3 is 0 Å². The van der Waals surface area contributed by atoms with Crippen LogP contribution < -0.4 is 0 Å². The van der Waals surface area contributed by atoms with Crippen molar-refractivity contribution in [1.82, 2.24) is 0 Å². The lowest BCUT2D eigenvalue weighted by Gasteiger charge is -1.95. The Balaban J connectivity index is 2.60. The van der Waals surface area contributed by atoms with E-state index in [2.05, 4.69) is 13.8 Å². The van der Waals surface area contributed by atoms with Crippen LogP contribution in [-0.2, 0) is 0 Å². The highest BCUT2D eigenvalue weighted by Gasteiger charge is 1.86. The zero-order valence-corrected chi connectivity index (χ0v) is 8.07. The number of hydrogen-bond donors (Lipinski definition) is 0. The standard InChI is InChI=1S/C8H19Si/c1-3-5-6-7-8-9-4-2/h2-9H2,1H3. The van der Waals surface area contributed by atoms with Crippen LogP contribution in [0.4, 0.5) is 0 Å². The van der Waals surface area contributed by atoms with Crippen LogP contribution in [0.5, 0.6) is 0 Å². The summed E-state index contributed by atoms with van der Waals surface area (Å²) in [6.07, 6.45) is 5.75.